The molecule has 1 N–H and O–H groups in total. The van der Waals surface area contributed by atoms with Gasteiger partial charge in [0.15, 0.2) is 0 Å². The summed E-state index contributed by atoms with van der Waals surface area (Å²) in [7, 11) is 0. The molecule has 0 radical (unpaired) electrons. The van der Waals surface area contributed by atoms with E-state index in [4.69, 9.17) is 4.74 Å². The number of ether oxygens (including phenoxy) is 1. The van der Waals surface area contributed by atoms with Gasteiger partial charge in [0.05, 0.1) is 0 Å². The van der Waals surface area contributed by atoms with Crippen LogP contribution in [0.4, 0.5) is 5.69 Å². The lowest BCUT2D eigenvalue weighted by Gasteiger charge is -2.23. The van der Waals surface area contributed by atoms with Crippen LogP contribution in [0.1, 0.15) is 18.1 Å². The highest BCUT2D eigenvalue weighted by Gasteiger charge is 2.26. The molecule has 0 aliphatic carbocycles. The summed E-state index contributed by atoms with van der Waals surface area (Å²) in [6, 6.07) is 16.6. The van der Waals surface area contributed by atoms with E-state index in [1.54, 1.807) is 6.20 Å². The predicted octanol–water partition coefficient (Wildman–Crippen LogP) is 4.56. The topological polar surface area (TPSA) is 36.9 Å². The summed E-state index contributed by atoms with van der Waals surface area (Å²) in [5.41, 5.74) is 5.93. The molecule has 4 heteroatoms. The lowest BCUT2D eigenvalue weighted by Crippen LogP contribution is -2.24. The highest BCUT2D eigenvalue weighted by molar-refractivity contribution is 6.04. The molecule has 27 heavy (non-hydrogen) atoms. The fourth-order valence-electron chi connectivity index (χ4n) is 3.61. The Labute approximate surface area is 160 Å². The highest BCUT2D eigenvalue weighted by atomic mass is 16.5. The smallest absolute Gasteiger partial charge is 0.138 e. The number of rotatable bonds is 5. The van der Waals surface area contributed by atoms with Crippen LogP contribution in [0.3, 0.4) is 0 Å². The second kappa shape index (κ2) is 7.54. The highest BCUT2D eigenvalue weighted by Crippen LogP contribution is 2.38. The first kappa shape index (κ1) is 17.2. The van der Waals surface area contributed by atoms with Crippen molar-refractivity contribution in [2.45, 2.75) is 20.0 Å². The van der Waals surface area contributed by atoms with Gasteiger partial charge in [-0.3, -0.25) is 0 Å². The largest absolute Gasteiger partial charge is 0.489 e. The Hall–Kier alpha value is -3.27. The maximum atomic E-state index is 6.14. The Morgan fingerprint density at radius 1 is 1.22 bits per heavy atom. The van der Waals surface area contributed by atoms with E-state index in [9.17, 15) is 0 Å². The molecule has 0 atom stereocenters. The maximum Gasteiger partial charge on any atom is 0.138 e. The minimum atomic E-state index is 0.583. The summed E-state index contributed by atoms with van der Waals surface area (Å²) < 4.78 is 6.14. The van der Waals surface area contributed by atoms with Gasteiger partial charge in [-0.2, -0.15) is 0 Å². The number of benzene rings is 2. The molecule has 0 spiro atoms. The van der Waals surface area contributed by atoms with Crippen molar-refractivity contribution >= 4 is 11.5 Å². The summed E-state index contributed by atoms with van der Waals surface area (Å²) in [6.07, 6.45) is 6.48. The fraction of sp³-hybridized carbons (Fsp3) is 0.174. The lowest BCUT2D eigenvalue weighted by molar-refractivity contribution is 0.304. The predicted molar refractivity (Wildman–Crippen MR) is 111 cm³/mol. The molecule has 2 aliphatic rings. The summed E-state index contributed by atoms with van der Waals surface area (Å²) in [5, 5.41) is 3.11. The van der Waals surface area contributed by atoms with E-state index in [-0.39, 0.29) is 0 Å². The van der Waals surface area contributed by atoms with Crippen molar-refractivity contribution < 1.29 is 4.74 Å². The van der Waals surface area contributed by atoms with Gasteiger partial charge in [-0.05, 0) is 43.3 Å². The summed E-state index contributed by atoms with van der Waals surface area (Å²) in [5.74, 6) is 1.81. The van der Waals surface area contributed by atoms with E-state index in [0.717, 1.165) is 30.1 Å². The van der Waals surface area contributed by atoms with E-state index >= 15 is 0 Å². The second-order valence-corrected chi connectivity index (χ2v) is 6.57. The summed E-state index contributed by atoms with van der Waals surface area (Å²) >= 11 is 0. The molecule has 4 nitrogen and oxygen atoms in total. The van der Waals surface area contributed by atoms with Gasteiger partial charge < -0.3 is 15.0 Å². The number of hydrogen-bond donors (Lipinski definition) is 1. The van der Waals surface area contributed by atoms with Gasteiger partial charge in [-0.15, -0.1) is 0 Å². The van der Waals surface area contributed by atoms with Crippen LogP contribution in [0.5, 0.6) is 5.75 Å². The maximum absolute atomic E-state index is 6.14. The molecule has 2 aromatic carbocycles. The van der Waals surface area contributed by atoms with Crippen molar-refractivity contribution in [3.05, 3.63) is 96.0 Å². The average Bonchev–Trinajstić information content (AvgIpc) is 3.34. The molecule has 2 aliphatic heterocycles. The van der Waals surface area contributed by atoms with Gasteiger partial charge in [-0.25, -0.2) is 4.99 Å². The molecular formula is C23H23N3O. The Kier molecular flexibility index (Phi) is 4.79. The summed E-state index contributed by atoms with van der Waals surface area (Å²) in [6.45, 7) is 7.39. The number of aliphatic imine (C=N–C) groups is 1. The van der Waals surface area contributed by atoms with Crippen molar-refractivity contribution in [3.8, 4) is 5.75 Å². The zero-order valence-corrected chi connectivity index (χ0v) is 15.5. The van der Waals surface area contributed by atoms with E-state index in [0.29, 0.717) is 6.61 Å². The molecular weight excluding hydrogens is 334 g/mol. The van der Waals surface area contributed by atoms with Crippen LogP contribution in [0.25, 0.3) is 0 Å². The molecule has 2 heterocycles. The van der Waals surface area contributed by atoms with Gasteiger partial charge in [0, 0.05) is 35.3 Å². The average molecular weight is 357 g/mol. The van der Waals surface area contributed by atoms with E-state index in [1.165, 1.54) is 22.5 Å². The number of hydrogen-bond acceptors (Lipinski definition) is 4. The van der Waals surface area contributed by atoms with Crippen LogP contribution in [0.2, 0.25) is 0 Å². The first-order chi connectivity index (χ1) is 13.3. The fourth-order valence-corrected chi connectivity index (χ4v) is 3.61. The van der Waals surface area contributed by atoms with E-state index in [2.05, 4.69) is 59.0 Å². The second-order valence-electron chi connectivity index (χ2n) is 6.57. The molecule has 2 aromatic rings. The normalized spacial score (nSPS) is 16.8. The molecule has 4 rings (SSSR count). The first-order valence-electron chi connectivity index (χ1n) is 9.17. The SMILES string of the molecule is C=CNC1=NC=C/C1=C(/C)N1CCc2c(OCc3ccccc3)cccc21. The van der Waals surface area contributed by atoms with Crippen molar-refractivity contribution in [2.24, 2.45) is 4.99 Å². The third kappa shape index (κ3) is 3.38. The number of amidine groups is 1. The molecule has 0 aromatic heterocycles. The zero-order chi connectivity index (χ0) is 18.6. The number of nitrogens with one attached hydrogen (secondary N) is 1. The molecule has 0 saturated carbocycles. The summed E-state index contributed by atoms with van der Waals surface area (Å²) in [4.78, 5) is 6.72. The Bertz CT molecular complexity index is 941. The Morgan fingerprint density at radius 2 is 2.07 bits per heavy atom. The van der Waals surface area contributed by atoms with Crippen LogP contribution in [-0.4, -0.2) is 12.4 Å². The lowest BCUT2D eigenvalue weighted by atomic mass is 10.1. The van der Waals surface area contributed by atoms with Gasteiger partial charge in [0.2, 0.25) is 0 Å². The third-order valence-corrected chi connectivity index (χ3v) is 4.96. The molecule has 0 saturated heterocycles. The van der Waals surface area contributed by atoms with Crippen molar-refractivity contribution in [2.75, 3.05) is 11.4 Å². The Balaban J connectivity index is 1.59. The first-order valence-corrected chi connectivity index (χ1v) is 9.17. The minimum Gasteiger partial charge on any atom is -0.489 e. The molecule has 0 amide bonds. The van der Waals surface area contributed by atoms with E-state index < -0.39 is 0 Å². The molecule has 0 bridgehead atoms. The van der Waals surface area contributed by atoms with E-state index in [1.807, 2.05) is 30.5 Å². The number of fused-ring (bicyclic) bond motifs is 1. The Morgan fingerprint density at radius 3 is 2.89 bits per heavy atom. The molecule has 136 valence electrons. The van der Waals surface area contributed by atoms with Crippen LogP contribution in [-0.2, 0) is 13.0 Å². The number of anilines is 1. The third-order valence-electron chi connectivity index (χ3n) is 4.96. The minimum absolute atomic E-state index is 0.583. The van der Waals surface area contributed by atoms with Gasteiger partial charge in [0.25, 0.3) is 0 Å². The van der Waals surface area contributed by atoms with Gasteiger partial charge >= 0.3 is 0 Å². The van der Waals surface area contributed by atoms with Crippen LogP contribution in [0.15, 0.2) is 89.8 Å². The molecule has 0 fully saturated rings. The number of allylic oxidation sites excluding steroid dienone is 1. The zero-order valence-electron chi connectivity index (χ0n) is 15.5. The van der Waals surface area contributed by atoms with Gasteiger partial charge in [-0.1, -0.05) is 43.0 Å². The van der Waals surface area contributed by atoms with Crippen molar-refractivity contribution in [1.29, 1.82) is 0 Å². The van der Waals surface area contributed by atoms with Crippen LogP contribution in [0, 0.1) is 0 Å². The van der Waals surface area contributed by atoms with Crippen molar-refractivity contribution in [1.82, 2.24) is 5.32 Å². The van der Waals surface area contributed by atoms with Gasteiger partial charge in [0.1, 0.15) is 18.2 Å². The van der Waals surface area contributed by atoms with Crippen LogP contribution >= 0.6 is 0 Å². The van der Waals surface area contributed by atoms with Crippen LogP contribution < -0.4 is 15.0 Å². The van der Waals surface area contributed by atoms with Crippen molar-refractivity contribution in [3.63, 3.8) is 0 Å². The quantitative estimate of drug-likeness (QED) is 0.852. The standard InChI is InChI=1S/C23H23N3O/c1-3-24-23-19(12-14-25-23)17(2)26-15-13-20-21(26)10-7-11-22(20)27-16-18-8-5-4-6-9-18/h3-12,14H,1,13,15-16H2,2H3,(H,24,25)/b19-17+. The monoisotopic (exact) mass is 357 g/mol. The number of nitrogens with zero attached hydrogens (tertiary/aromatic N) is 2. The molecule has 0 unspecified atom stereocenters.